The van der Waals surface area contributed by atoms with Crippen molar-refractivity contribution in [1.29, 1.82) is 0 Å². The van der Waals surface area contributed by atoms with E-state index in [-0.39, 0.29) is 5.91 Å². The number of nitrogens with one attached hydrogen (secondary N) is 2. The summed E-state index contributed by atoms with van der Waals surface area (Å²) in [6.07, 6.45) is 1.64. The molecule has 174 valence electrons. The van der Waals surface area contributed by atoms with E-state index >= 15 is 0 Å². The van der Waals surface area contributed by atoms with Crippen molar-refractivity contribution in [3.05, 3.63) is 54.6 Å². The standard InChI is InChI=1S/C24H34N4O3S/c1-20(2)32(30,31)25-15-7-6-10-24(29)26-21-11-13-23(14-12-21)28-18-16-27(17-19-28)22-8-4-3-5-9-22/h3-5,8-9,11-14,20,25H,6-7,10,15-19H2,1-2H3,(H,26,29). The Balaban J connectivity index is 1.38. The fourth-order valence-corrected chi connectivity index (χ4v) is 4.39. The van der Waals surface area contributed by atoms with Gasteiger partial charge >= 0.3 is 0 Å². The van der Waals surface area contributed by atoms with Crippen LogP contribution >= 0.6 is 0 Å². The van der Waals surface area contributed by atoms with Crippen molar-refractivity contribution >= 4 is 33.0 Å². The summed E-state index contributed by atoms with van der Waals surface area (Å²) < 4.78 is 26.0. The molecule has 0 bridgehead atoms. The molecule has 2 N–H and O–H groups in total. The van der Waals surface area contributed by atoms with Crippen molar-refractivity contribution in [1.82, 2.24) is 4.72 Å². The number of carbonyl (C=O) groups excluding carboxylic acids is 1. The van der Waals surface area contributed by atoms with Gasteiger partial charge in [0, 0.05) is 56.2 Å². The minimum Gasteiger partial charge on any atom is -0.368 e. The SMILES string of the molecule is CC(C)S(=O)(=O)NCCCCC(=O)Nc1ccc(N2CCN(c3ccccc3)CC2)cc1. The summed E-state index contributed by atoms with van der Waals surface area (Å²) >= 11 is 0. The topological polar surface area (TPSA) is 81.7 Å². The van der Waals surface area contributed by atoms with Crippen molar-refractivity contribution in [2.75, 3.05) is 47.8 Å². The van der Waals surface area contributed by atoms with E-state index in [2.05, 4.69) is 56.2 Å². The second-order valence-electron chi connectivity index (χ2n) is 8.35. The summed E-state index contributed by atoms with van der Waals surface area (Å²) in [5.74, 6) is -0.0547. The van der Waals surface area contributed by atoms with Crippen LogP contribution in [-0.2, 0) is 14.8 Å². The molecule has 1 saturated heterocycles. The summed E-state index contributed by atoms with van der Waals surface area (Å²) in [5.41, 5.74) is 3.21. The number of anilines is 3. The van der Waals surface area contributed by atoms with Crippen LogP contribution in [0.1, 0.15) is 33.1 Å². The van der Waals surface area contributed by atoms with E-state index in [1.165, 1.54) is 5.69 Å². The summed E-state index contributed by atoms with van der Waals surface area (Å²) in [4.78, 5) is 16.9. The highest BCUT2D eigenvalue weighted by atomic mass is 32.2. The first kappa shape index (κ1) is 24.1. The number of unbranched alkanes of at least 4 members (excludes halogenated alkanes) is 1. The number of piperazine rings is 1. The van der Waals surface area contributed by atoms with Crippen molar-refractivity contribution in [2.24, 2.45) is 0 Å². The fraction of sp³-hybridized carbons (Fsp3) is 0.458. The highest BCUT2D eigenvalue weighted by Crippen LogP contribution is 2.22. The second-order valence-corrected chi connectivity index (χ2v) is 10.7. The molecule has 1 amide bonds. The van der Waals surface area contributed by atoms with E-state index in [4.69, 9.17) is 0 Å². The molecule has 0 unspecified atom stereocenters. The van der Waals surface area contributed by atoms with E-state index < -0.39 is 15.3 Å². The molecule has 3 rings (SSSR count). The van der Waals surface area contributed by atoms with Crippen LogP contribution in [0.15, 0.2) is 54.6 Å². The lowest BCUT2D eigenvalue weighted by molar-refractivity contribution is -0.116. The van der Waals surface area contributed by atoms with Gasteiger partial charge in [-0.1, -0.05) is 18.2 Å². The Morgan fingerprint density at radius 3 is 2.00 bits per heavy atom. The van der Waals surface area contributed by atoms with Crippen LogP contribution in [0.5, 0.6) is 0 Å². The third-order valence-electron chi connectivity index (χ3n) is 5.67. The molecule has 0 aromatic heterocycles. The van der Waals surface area contributed by atoms with Gasteiger partial charge in [0.2, 0.25) is 15.9 Å². The number of amides is 1. The first-order valence-electron chi connectivity index (χ1n) is 11.3. The smallest absolute Gasteiger partial charge is 0.224 e. The number of nitrogens with zero attached hydrogens (tertiary/aromatic N) is 2. The molecule has 0 saturated carbocycles. The summed E-state index contributed by atoms with van der Waals surface area (Å²) in [7, 11) is -3.24. The maximum absolute atomic E-state index is 12.2. The Bertz CT molecular complexity index is 954. The highest BCUT2D eigenvalue weighted by molar-refractivity contribution is 7.90. The van der Waals surface area contributed by atoms with Crippen LogP contribution < -0.4 is 19.8 Å². The average Bonchev–Trinajstić information content (AvgIpc) is 2.80. The lowest BCUT2D eigenvalue weighted by Gasteiger charge is -2.37. The van der Waals surface area contributed by atoms with Gasteiger partial charge in [-0.05, 0) is 63.1 Å². The Hall–Kier alpha value is -2.58. The Morgan fingerprint density at radius 1 is 0.875 bits per heavy atom. The third-order valence-corrected chi connectivity index (χ3v) is 7.52. The predicted molar refractivity (Wildman–Crippen MR) is 132 cm³/mol. The average molecular weight is 459 g/mol. The van der Waals surface area contributed by atoms with Crippen LogP contribution in [0.25, 0.3) is 0 Å². The molecule has 1 aliphatic rings. The third kappa shape index (κ3) is 6.97. The zero-order valence-corrected chi connectivity index (χ0v) is 19.8. The van der Waals surface area contributed by atoms with Crippen LogP contribution in [0.3, 0.4) is 0 Å². The van der Waals surface area contributed by atoms with E-state index in [0.717, 1.165) is 37.6 Å². The quantitative estimate of drug-likeness (QED) is 0.533. The number of hydrogen-bond acceptors (Lipinski definition) is 5. The minimum absolute atomic E-state index is 0.0547. The molecule has 32 heavy (non-hydrogen) atoms. The first-order chi connectivity index (χ1) is 15.3. The molecular weight excluding hydrogens is 424 g/mol. The molecule has 1 fully saturated rings. The number of sulfonamides is 1. The van der Waals surface area contributed by atoms with Gasteiger partial charge in [0.1, 0.15) is 0 Å². The molecule has 8 heteroatoms. The molecule has 7 nitrogen and oxygen atoms in total. The van der Waals surface area contributed by atoms with Gasteiger partial charge in [-0.15, -0.1) is 0 Å². The van der Waals surface area contributed by atoms with Crippen molar-refractivity contribution < 1.29 is 13.2 Å². The summed E-state index contributed by atoms with van der Waals surface area (Å²) in [6, 6.07) is 18.5. The Morgan fingerprint density at radius 2 is 1.44 bits per heavy atom. The molecule has 0 aliphatic carbocycles. The van der Waals surface area contributed by atoms with Gasteiger partial charge in [0.05, 0.1) is 5.25 Å². The van der Waals surface area contributed by atoms with Crippen LogP contribution in [0.2, 0.25) is 0 Å². The van der Waals surface area contributed by atoms with Gasteiger partial charge in [-0.2, -0.15) is 0 Å². The van der Waals surface area contributed by atoms with E-state index in [1.54, 1.807) is 13.8 Å². The van der Waals surface area contributed by atoms with E-state index in [9.17, 15) is 13.2 Å². The van der Waals surface area contributed by atoms with Crippen molar-refractivity contribution in [3.8, 4) is 0 Å². The first-order valence-corrected chi connectivity index (χ1v) is 12.8. The van der Waals surface area contributed by atoms with Crippen molar-refractivity contribution in [2.45, 2.75) is 38.4 Å². The lowest BCUT2D eigenvalue weighted by Crippen LogP contribution is -2.46. The Labute approximate surface area is 191 Å². The normalized spacial score (nSPS) is 14.6. The Kier molecular flexibility index (Phi) is 8.53. The van der Waals surface area contributed by atoms with Gasteiger partial charge in [0.15, 0.2) is 0 Å². The summed E-state index contributed by atoms with van der Waals surface area (Å²) in [6.45, 7) is 7.53. The molecule has 2 aromatic rings. The zero-order chi connectivity index (χ0) is 23.0. The molecule has 0 spiro atoms. The van der Waals surface area contributed by atoms with Gasteiger partial charge < -0.3 is 15.1 Å². The van der Waals surface area contributed by atoms with Gasteiger partial charge in [-0.3, -0.25) is 4.79 Å². The molecule has 1 heterocycles. The molecular formula is C24H34N4O3S. The molecule has 1 aliphatic heterocycles. The highest BCUT2D eigenvalue weighted by Gasteiger charge is 2.17. The zero-order valence-electron chi connectivity index (χ0n) is 19.0. The predicted octanol–water partition coefficient (Wildman–Crippen LogP) is 3.45. The number of carbonyl (C=O) groups is 1. The number of para-hydroxylation sites is 1. The monoisotopic (exact) mass is 458 g/mol. The molecule has 0 radical (unpaired) electrons. The van der Waals surface area contributed by atoms with Crippen LogP contribution in [0, 0.1) is 0 Å². The maximum atomic E-state index is 12.2. The van der Waals surface area contributed by atoms with Gasteiger partial charge in [-0.25, -0.2) is 13.1 Å². The number of hydrogen-bond donors (Lipinski definition) is 2. The largest absolute Gasteiger partial charge is 0.368 e. The minimum atomic E-state index is -3.24. The van der Waals surface area contributed by atoms with Gasteiger partial charge in [0.25, 0.3) is 0 Å². The van der Waals surface area contributed by atoms with E-state index in [1.807, 2.05) is 18.2 Å². The molecule has 2 aromatic carbocycles. The maximum Gasteiger partial charge on any atom is 0.224 e. The number of benzene rings is 2. The van der Waals surface area contributed by atoms with Crippen LogP contribution in [-0.4, -0.2) is 52.3 Å². The van der Waals surface area contributed by atoms with Crippen molar-refractivity contribution in [3.63, 3.8) is 0 Å². The summed E-state index contributed by atoms with van der Waals surface area (Å²) in [5, 5.41) is 2.48. The fourth-order valence-electron chi connectivity index (χ4n) is 3.63. The van der Waals surface area contributed by atoms with Crippen LogP contribution in [0.4, 0.5) is 17.1 Å². The lowest BCUT2D eigenvalue weighted by atomic mass is 10.2. The number of rotatable bonds is 10. The van der Waals surface area contributed by atoms with E-state index in [0.29, 0.717) is 25.8 Å². The second kappa shape index (κ2) is 11.3. The molecule has 0 atom stereocenters.